The van der Waals surface area contributed by atoms with Crippen LogP contribution in [0.15, 0.2) is 18.2 Å². The number of carbonyl (C=O) groups excluding carboxylic acids is 1. The number of amides is 1. The van der Waals surface area contributed by atoms with Gasteiger partial charge in [-0.1, -0.05) is 0 Å². The maximum absolute atomic E-state index is 11.2. The molecule has 1 aromatic rings. The summed E-state index contributed by atoms with van der Waals surface area (Å²) >= 11 is 0. The molecule has 2 rings (SSSR count). The lowest BCUT2D eigenvalue weighted by atomic mass is 10.2. The van der Waals surface area contributed by atoms with Gasteiger partial charge in [-0.3, -0.25) is 14.9 Å². The van der Waals surface area contributed by atoms with Crippen LogP contribution in [0.5, 0.6) is 0 Å². The Balaban J connectivity index is 2.31. The molecule has 2 N–H and O–H groups in total. The van der Waals surface area contributed by atoms with E-state index >= 15 is 0 Å². The Kier molecular flexibility index (Phi) is 3.96. The van der Waals surface area contributed by atoms with Gasteiger partial charge in [0.2, 0.25) is 5.91 Å². The SMILES string of the molecule is CC(=O)Nc1ccc(N2CCNCC2)c([N+](=O)[O-])c1. The molecule has 0 saturated carbocycles. The number of hydrogen-bond donors (Lipinski definition) is 2. The Morgan fingerprint density at radius 2 is 2.11 bits per heavy atom. The second kappa shape index (κ2) is 5.66. The molecule has 102 valence electrons. The van der Waals surface area contributed by atoms with Crippen LogP contribution in [-0.2, 0) is 4.79 Å². The van der Waals surface area contributed by atoms with E-state index in [1.165, 1.54) is 13.0 Å². The molecule has 0 radical (unpaired) electrons. The minimum absolute atomic E-state index is 0.0214. The Bertz CT molecular complexity index is 498. The van der Waals surface area contributed by atoms with Crippen molar-refractivity contribution >= 4 is 23.0 Å². The number of carbonyl (C=O) groups is 1. The number of nitrogens with one attached hydrogen (secondary N) is 2. The molecule has 1 aliphatic rings. The molecule has 7 nitrogen and oxygen atoms in total. The molecular formula is C12H16N4O3. The van der Waals surface area contributed by atoms with Gasteiger partial charge in [0.05, 0.1) is 4.92 Å². The molecule has 1 amide bonds. The van der Waals surface area contributed by atoms with Crippen LogP contribution in [-0.4, -0.2) is 37.0 Å². The molecule has 19 heavy (non-hydrogen) atoms. The first-order valence-electron chi connectivity index (χ1n) is 6.09. The monoisotopic (exact) mass is 264 g/mol. The Morgan fingerprint density at radius 1 is 1.42 bits per heavy atom. The molecular weight excluding hydrogens is 248 g/mol. The van der Waals surface area contributed by atoms with Gasteiger partial charge >= 0.3 is 0 Å². The number of rotatable bonds is 3. The van der Waals surface area contributed by atoms with Gasteiger partial charge in [-0.25, -0.2) is 0 Å². The molecule has 0 spiro atoms. The van der Waals surface area contributed by atoms with E-state index in [2.05, 4.69) is 10.6 Å². The first-order chi connectivity index (χ1) is 9.08. The van der Waals surface area contributed by atoms with Crippen LogP contribution in [0.4, 0.5) is 17.1 Å². The molecule has 0 aliphatic carbocycles. The van der Waals surface area contributed by atoms with Gasteiger partial charge in [-0.15, -0.1) is 0 Å². The summed E-state index contributed by atoms with van der Waals surface area (Å²) in [6.07, 6.45) is 0. The van der Waals surface area contributed by atoms with Crippen molar-refractivity contribution in [3.63, 3.8) is 0 Å². The fraction of sp³-hybridized carbons (Fsp3) is 0.417. The van der Waals surface area contributed by atoms with Gasteiger partial charge in [0.25, 0.3) is 5.69 Å². The summed E-state index contributed by atoms with van der Waals surface area (Å²) in [7, 11) is 0. The van der Waals surface area contributed by atoms with E-state index in [9.17, 15) is 14.9 Å². The topological polar surface area (TPSA) is 87.5 Å². The van der Waals surface area contributed by atoms with Gasteiger partial charge in [-0.05, 0) is 12.1 Å². The van der Waals surface area contributed by atoms with Crippen LogP contribution >= 0.6 is 0 Å². The van der Waals surface area contributed by atoms with Gasteiger partial charge in [-0.2, -0.15) is 0 Å². The standard InChI is InChI=1S/C12H16N4O3/c1-9(17)14-10-2-3-11(12(8-10)16(18)19)15-6-4-13-5-7-15/h2-3,8,13H,4-7H2,1H3,(H,14,17). The van der Waals surface area contributed by atoms with Crippen LogP contribution in [0.3, 0.4) is 0 Å². The highest BCUT2D eigenvalue weighted by atomic mass is 16.6. The highest BCUT2D eigenvalue weighted by molar-refractivity contribution is 5.89. The summed E-state index contributed by atoms with van der Waals surface area (Å²) in [5.74, 6) is -0.246. The summed E-state index contributed by atoms with van der Waals surface area (Å²) in [5, 5.41) is 16.9. The zero-order valence-corrected chi connectivity index (χ0v) is 10.7. The Morgan fingerprint density at radius 3 is 2.68 bits per heavy atom. The second-order valence-corrected chi connectivity index (χ2v) is 4.38. The maximum Gasteiger partial charge on any atom is 0.294 e. The van der Waals surface area contributed by atoms with E-state index in [-0.39, 0.29) is 11.6 Å². The molecule has 0 atom stereocenters. The molecule has 1 heterocycles. The molecule has 7 heteroatoms. The number of nitro groups is 1. The quantitative estimate of drug-likeness (QED) is 0.627. The van der Waals surface area contributed by atoms with Gasteiger partial charge in [0, 0.05) is 44.9 Å². The lowest BCUT2D eigenvalue weighted by Crippen LogP contribution is -2.43. The molecule has 1 aromatic carbocycles. The number of hydrogen-bond acceptors (Lipinski definition) is 5. The van der Waals surface area contributed by atoms with Gasteiger partial charge < -0.3 is 15.5 Å². The third kappa shape index (κ3) is 3.19. The van der Waals surface area contributed by atoms with E-state index in [0.29, 0.717) is 11.4 Å². The number of anilines is 2. The van der Waals surface area contributed by atoms with Gasteiger partial charge in [0.15, 0.2) is 0 Å². The van der Waals surface area contributed by atoms with E-state index in [1.807, 2.05) is 4.90 Å². The molecule has 1 fully saturated rings. The molecule has 0 unspecified atom stereocenters. The number of benzene rings is 1. The number of nitro benzene ring substituents is 1. The van der Waals surface area contributed by atoms with Crippen molar-refractivity contribution in [3.05, 3.63) is 28.3 Å². The summed E-state index contributed by atoms with van der Waals surface area (Å²) in [6, 6.07) is 4.78. The zero-order chi connectivity index (χ0) is 13.8. The molecule has 0 bridgehead atoms. The van der Waals surface area contributed by atoms with Crippen molar-refractivity contribution in [2.45, 2.75) is 6.92 Å². The first-order valence-corrected chi connectivity index (χ1v) is 6.09. The first kappa shape index (κ1) is 13.3. The van der Waals surface area contributed by atoms with E-state index in [1.54, 1.807) is 12.1 Å². The largest absolute Gasteiger partial charge is 0.363 e. The zero-order valence-electron chi connectivity index (χ0n) is 10.7. The lowest BCUT2D eigenvalue weighted by molar-refractivity contribution is -0.384. The third-order valence-corrected chi connectivity index (χ3v) is 2.95. The van der Waals surface area contributed by atoms with Crippen LogP contribution in [0, 0.1) is 10.1 Å². The normalized spacial score (nSPS) is 15.1. The van der Waals surface area contributed by atoms with E-state index in [0.717, 1.165) is 26.2 Å². The van der Waals surface area contributed by atoms with Gasteiger partial charge in [0.1, 0.15) is 5.69 Å². The summed E-state index contributed by atoms with van der Waals surface area (Å²) in [5.41, 5.74) is 1.06. The highest BCUT2D eigenvalue weighted by Crippen LogP contribution is 2.31. The van der Waals surface area contributed by atoms with E-state index in [4.69, 9.17) is 0 Å². The molecule has 0 aromatic heterocycles. The van der Waals surface area contributed by atoms with Crippen molar-refractivity contribution in [1.29, 1.82) is 0 Å². The van der Waals surface area contributed by atoms with Crippen LogP contribution in [0.1, 0.15) is 6.92 Å². The summed E-state index contributed by atoms with van der Waals surface area (Å²) < 4.78 is 0. The number of nitrogens with zero attached hydrogens (tertiary/aromatic N) is 2. The summed E-state index contributed by atoms with van der Waals surface area (Å²) in [4.78, 5) is 23.7. The predicted molar refractivity (Wildman–Crippen MR) is 72.5 cm³/mol. The summed E-state index contributed by atoms with van der Waals surface area (Å²) in [6.45, 7) is 4.46. The van der Waals surface area contributed by atoms with Crippen molar-refractivity contribution in [1.82, 2.24) is 5.32 Å². The fourth-order valence-electron chi connectivity index (χ4n) is 2.12. The van der Waals surface area contributed by atoms with Crippen LogP contribution < -0.4 is 15.5 Å². The second-order valence-electron chi connectivity index (χ2n) is 4.38. The van der Waals surface area contributed by atoms with Crippen molar-refractivity contribution in [2.75, 3.05) is 36.4 Å². The smallest absolute Gasteiger partial charge is 0.294 e. The maximum atomic E-state index is 11.2. The van der Waals surface area contributed by atoms with E-state index < -0.39 is 4.92 Å². The van der Waals surface area contributed by atoms with Crippen LogP contribution in [0.2, 0.25) is 0 Å². The Hall–Kier alpha value is -2.15. The Labute approximate surface area is 110 Å². The fourth-order valence-corrected chi connectivity index (χ4v) is 2.12. The van der Waals surface area contributed by atoms with Crippen molar-refractivity contribution < 1.29 is 9.72 Å². The minimum atomic E-state index is -0.414. The highest BCUT2D eigenvalue weighted by Gasteiger charge is 2.21. The number of piperazine rings is 1. The van der Waals surface area contributed by atoms with Crippen molar-refractivity contribution in [2.24, 2.45) is 0 Å². The van der Waals surface area contributed by atoms with Crippen molar-refractivity contribution in [3.8, 4) is 0 Å². The lowest BCUT2D eigenvalue weighted by Gasteiger charge is -2.29. The van der Waals surface area contributed by atoms with Crippen LogP contribution in [0.25, 0.3) is 0 Å². The third-order valence-electron chi connectivity index (χ3n) is 2.95. The molecule has 1 saturated heterocycles. The average molecular weight is 264 g/mol. The molecule has 1 aliphatic heterocycles. The average Bonchev–Trinajstić information content (AvgIpc) is 2.39. The minimum Gasteiger partial charge on any atom is -0.363 e. The predicted octanol–water partition coefficient (Wildman–Crippen LogP) is 0.963.